The maximum absolute atomic E-state index is 13.5. The van der Waals surface area contributed by atoms with Gasteiger partial charge in [0, 0.05) is 18.1 Å². The van der Waals surface area contributed by atoms with E-state index in [0.29, 0.717) is 18.0 Å². The van der Waals surface area contributed by atoms with E-state index >= 15 is 0 Å². The Labute approximate surface area is 195 Å². The highest BCUT2D eigenvalue weighted by Gasteiger charge is 2.31. The number of rotatable bonds is 10. The summed E-state index contributed by atoms with van der Waals surface area (Å²) in [6.45, 7) is 5.74. The number of aryl methyl sites for hydroxylation is 1. The molecule has 9 heteroatoms. The van der Waals surface area contributed by atoms with E-state index < -0.39 is 28.5 Å². The van der Waals surface area contributed by atoms with Crippen molar-refractivity contribution < 1.29 is 18.0 Å². The highest BCUT2D eigenvalue weighted by molar-refractivity contribution is 7.92. The van der Waals surface area contributed by atoms with Gasteiger partial charge in [-0.3, -0.25) is 13.9 Å². The number of amides is 2. The second-order valence-electron chi connectivity index (χ2n) is 7.58. The molecular formula is C23H30ClN3O4S. The fourth-order valence-corrected chi connectivity index (χ4v) is 4.49. The number of carbonyl (C=O) groups excluding carboxylic acids is 2. The van der Waals surface area contributed by atoms with Gasteiger partial charge >= 0.3 is 0 Å². The molecule has 0 spiro atoms. The third-order valence-corrected chi connectivity index (χ3v) is 6.32. The van der Waals surface area contributed by atoms with Crippen LogP contribution in [0, 0.1) is 6.92 Å². The number of benzene rings is 2. The molecule has 0 fully saturated rings. The molecular weight excluding hydrogens is 450 g/mol. The molecule has 0 aliphatic heterocycles. The van der Waals surface area contributed by atoms with Gasteiger partial charge in [-0.25, -0.2) is 8.42 Å². The minimum atomic E-state index is -3.78. The third kappa shape index (κ3) is 6.97. The molecule has 0 aliphatic rings. The van der Waals surface area contributed by atoms with Crippen molar-refractivity contribution in [1.29, 1.82) is 0 Å². The Morgan fingerprint density at radius 3 is 2.34 bits per heavy atom. The second kappa shape index (κ2) is 11.3. The van der Waals surface area contributed by atoms with E-state index in [4.69, 9.17) is 11.6 Å². The first-order valence-electron chi connectivity index (χ1n) is 10.4. The molecule has 0 unspecified atom stereocenters. The van der Waals surface area contributed by atoms with Crippen LogP contribution in [0.1, 0.15) is 31.4 Å². The van der Waals surface area contributed by atoms with E-state index in [2.05, 4.69) is 5.32 Å². The number of nitrogens with zero attached hydrogens (tertiary/aromatic N) is 2. The molecule has 2 aromatic rings. The zero-order chi connectivity index (χ0) is 23.9. The third-order valence-electron chi connectivity index (χ3n) is 4.95. The second-order valence-corrected chi connectivity index (χ2v) is 9.92. The summed E-state index contributed by atoms with van der Waals surface area (Å²) in [7, 11) is -3.78. The van der Waals surface area contributed by atoms with Gasteiger partial charge in [0.1, 0.15) is 12.6 Å². The Kier molecular flexibility index (Phi) is 9.09. The Morgan fingerprint density at radius 2 is 1.78 bits per heavy atom. The maximum atomic E-state index is 13.5. The van der Waals surface area contributed by atoms with E-state index in [1.54, 1.807) is 18.2 Å². The molecule has 1 atom stereocenters. The van der Waals surface area contributed by atoms with Gasteiger partial charge in [-0.2, -0.15) is 0 Å². The van der Waals surface area contributed by atoms with Gasteiger partial charge in [-0.1, -0.05) is 54.4 Å². The smallest absolute Gasteiger partial charge is 0.244 e. The van der Waals surface area contributed by atoms with Gasteiger partial charge in [0.05, 0.1) is 11.9 Å². The number of carbonyl (C=O) groups is 2. The van der Waals surface area contributed by atoms with Gasteiger partial charge in [0.2, 0.25) is 21.8 Å². The average molecular weight is 480 g/mol. The van der Waals surface area contributed by atoms with Crippen LogP contribution in [0.25, 0.3) is 0 Å². The summed E-state index contributed by atoms with van der Waals surface area (Å²) >= 11 is 6.04. The number of likely N-dealkylation sites (N-methyl/N-ethyl adjacent to an activating group) is 1. The predicted octanol–water partition coefficient (Wildman–Crippen LogP) is 3.36. The Morgan fingerprint density at radius 1 is 1.09 bits per heavy atom. The summed E-state index contributed by atoms with van der Waals surface area (Å²) in [6, 6.07) is 13.2. The van der Waals surface area contributed by atoms with Crippen LogP contribution in [-0.2, 0) is 26.2 Å². The molecule has 0 saturated carbocycles. The van der Waals surface area contributed by atoms with Crippen molar-refractivity contribution >= 4 is 39.1 Å². The molecule has 174 valence electrons. The Hall–Kier alpha value is -2.58. The number of halogens is 1. The number of sulfonamides is 1. The van der Waals surface area contributed by atoms with Gasteiger partial charge in [-0.15, -0.1) is 0 Å². The van der Waals surface area contributed by atoms with Crippen LogP contribution in [0.5, 0.6) is 0 Å². The molecule has 2 rings (SSSR count). The Balaban J connectivity index is 2.43. The molecule has 2 aromatic carbocycles. The first kappa shape index (κ1) is 25.7. The highest BCUT2D eigenvalue weighted by Crippen LogP contribution is 2.23. The van der Waals surface area contributed by atoms with Gasteiger partial charge in [0.25, 0.3) is 0 Å². The van der Waals surface area contributed by atoms with E-state index in [-0.39, 0.29) is 18.1 Å². The van der Waals surface area contributed by atoms with Crippen LogP contribution < -0.4 is 9.62 Å². The Bertz CT molecular complexity index is 1060. The van der Waals surface area contributed by atoms with Crippen molar-refractivity contribution in [3.63, 3.8) is 0 Å². The van der Waals surface area contributed by atoms with Crippen molar-refractivity contribution in [2.24, 2.45) is 0 Å². The van der Waals surface area contributed by atoms with Gasteiger partial charge < -0.3 is 10.2 Å². The van der Waals surface area contributed by atoms with Crippen LogP contribution in [0.3, 0.4) is 0 Å². The first-order chi connectivity index (χ1) is 15.1. The molecule has 2 amide bonds. The molecule has 0 saturated heterocycles. The lowest BCUT2D eigenvalue weighted by Crippen LogP contribution is -2.52. The lowest BCUT2D eigenvalue weighted by molar-refractivity contribution is -0.140. The quantitative estimate of drug-likeness (QED) is 0.566. The number of anilines is 1. The molecule has 0 radical (unpaired) electrons. The summed E-state index contributed by atoms with van der Waals surface area (Å²) in [5.74, 6) is -0.750. The largest absolute Gasteiger partial charge is 0.355 e. The molecule has 0 aromatic heterocycles. The zero-order valence-corrected chi connectivity index (χ0v) is 20.4. The fraction of sp³-hybridized carbons (Fsp3) is 0.391. The topological polar surface area (TPSA) is 86.8 Å². The molecule has 0 heterocycles. The van der Waals surface area contributed by atoms with Crippen molar-refractivity contribution in [3.05, 3.63) is 64.7 Å². The van der Waals surface area contributed by atoms with Crippen molar-refractivity contribution in [1.82, 2.24) is 10.2 Å². The van der Waals surface area contributed by atoms with Gasteiger partial charge in [0.15, 0.2) is 0 Å². The number of hydrogen-bond acceptors (Lipinski definition) is 4. The van der Waals surface area contributed by atoms with Crippen molar-refractivity contribution in [2.75, 3.05) is 23.7 Å². The zero-order valence-electron chi connectivity index (χ0n) is 18.8. The molecule has 1 N–H and O–H groups in total. The van der Waals surface area contributed by atoms with Crippen molar-refractivity contribution in [3.8, 4) is 0 Å². The summed E-state index contributed by atoms with van der Waals surface area (Å²) in [4.78, 5) is 27.6. The highest BCUT2D eigenvalue weighted by atomic mass is 35.5. The molecule has 0 aliphatic carbocycles. The van der Waals surface area contributed by atoms with Gasteiger partial charge in [-0.05, 0) is 44.0 Å². The fourth-order valence-electron chi connectivity index (χ4n) is 3.46. The normalized spacial score (nSPS) is 12.2. The lowest BCUT2D eigenvalue weighted by atomic mass is 10.1. The van der Waals surface area contributed by atoms with Crippen LogP contribution in [0.15, 0.2) is 48.5 Å². The van der Waals surface area contributed by atoms with Crippen LogP contribution in [-0.4, -0.2) is 50.5 Å². The summed E-state index contributed by atoms with van der Waals surface area (Å²) in [6.07, 6.45) is 1.42. The summed E-state index contributed by atoms with van der Waals surface area (Å²) < 4.78 is 26.0. The SMILES string of the molecule is CCNC(=O)[C@H](CC)N(Cc1cccc(C)c1)C(=O)CN(c1cccc(Cl)c1)S(C)(=O)=O. The number of hydrogen-bond donors (Lipinski definition) is 1. The standard InChI is InChI=1S/C23H30ClN3O4S/c1-5-21(23(29)25-6-2)26(15-18-10-7-9-17(3)13-18)22(28)16-27(32(4,30)31)20-12-8-11-19(24)14-20/h7-14,21H,5-6,15-16H2,1-4H3,(H,25,29)/t21-/m0/s1. The number of nitrogens with one attached hydrogen (secondary N) is 1. The molecule has 0 bridgehead atoms. The molecule has 32 heavy (non-hydrogen) atoms. The summed E-state index contributed by atoms with van der Waals surface area (Å²) in [5.41, 5.74) is 2.17. The van der Waals surface area contributed by atoms with E-state index in [1.165, 1.54) is 11.0 Å². The van der Waals surface area contributed by atoms with Crippen molar-refractivity contribution in [2.45, 2.75) is 39.8 Å². The van der Waals surface area contributed by atoms with Crippen LogP contribution >= 0.6 is 11.6 Å². The van der Waals surface area contributed by atoms with Crippen LogP contribution in [0.2, 0.25) is 5.02 Å². The average Bonchev–Trinajstić information content (AvgIpc) is 2.71. The first-order valence-corrected chi connectivity index (χ1v) is 12.7. The minimum absolute atomic E-state index is 0.184. The lowest BCUT2D eigenvalue weighted by Gasteiger charge is -2.32. The maximum Gasteiger partial charge on any atom is 0.244 e. The molecule has 7 nitrogen and oxygen atoms in total. The minimum Gasteiger partial charge on any atom is -0.355 e. The van der Waals surface area contributed by atoms with E-state index in [9.17, 15) is 18.0 Å². The van der Waals surface area contributed by atoms with E-state index in [1.807, 2.05) is 45.0 Å². The predicted molar refractivity (Wildman–Crippen MR) is 128 cm³/mol. The van der Waals surface area contributed by atoms with Crippen LogP contribution in [0.4, 0.5) is 5.69 Å². The summed E-state index contributed by atoms with van der Waals surface area (Å²) in [5, 5.41) is 3.13. The monoisotopic (exact) mass is 479 g/mol. The van der Waals surface area contributed by atoms with E-state index in [0.717, 1.165) is 21.7 Å².